The third-order valence-corrected chi connectivity index (χ3v) is 14.1. The zero-order valence-electron chi connectivity index (χ0n) is 37.9. The summed E-state index contributed by atoms with van der Waals surface area (Å²) < 4.78 is 26.8. The molecule has 3 N–H and O–H groups in total. The van der Waals surface area contributed by atoms with Gasteiger partial charge in [0, 0.05) is 75.8 Å². The van der Waals surface area contributed by atoms with E-state index in [2.05, 4.69) is 23.6 Å². The molecule has 5 aliphatic rings. The lowest BCUT2D eigenvalue weighted by Gasteiger charge is -2.60. The Hall–Kier alpha value is -4.38. The molecule has 15 heteroatoms. The number of nitro groups is 1. The zero-order chi connectivity index (χ0) is 45.6. The number of aliphatic hydroxyl groups is 3. The number of fused-ring (bicyclic) bond motifs is 2. The van der Waals surface area contributed by atoms with Crippen LogP contribution < -0.4 is 9.47 Å². The summed E-state index contributed by atoms with van der Waals surface area (Å²) in [5.41, 5.74) is 3.26. The molecule has 6 atom stereocenters. The van der Waals surface area contributed by atoms with Gasteiger partial charge in [-0.1, -0.05) is 55.8 Å². The van der Waals surface area contributed by atoms with Gasteiger partial charge in [-0.15, -0.1) is 6.58 Å². The Morgan fingerprint density at radius 2 is 1.75 bits per heavy atom. The van der Waals surface area contributed by atoms with Crippen LogP contribution in [0.1, 0.15) is 101 Å². The molecule has 3 aliphatic carbocycles. The standard InChI is InChI=1S/C50H70N4O11/c1-2-28-63-50-46(53(24-29-61-31-27-57)47(58)20-15-36-9-3-4-10-36)34-44(51-64-35-37-13-16-39(17-14-37)54(59)60)42-32-38(11-5-7-25-55)41(12-6-8-26-56)48(49(42)50)43-33-40(18-19-45(43)65-50)62-30-23-52-21-22-52/h2,13-14,16-19,32-33,36,38,41,46,48-49,55-57H,1,3-12,15,20-31,34-35H2. The highest BCUT2D eigenvalue weighted by molar-refractivity contribution is 6.03. The molecular weight excluding hydrogens is 833 g/mol. The molecule has 1 amide bonds. The summed E-state index contributed by atoms with van der Waals surface area (Å²) in [6.45, 7) is 8.39. The van der Waals surface area contributed by atoms with Gasteiger partial charge in [0.15, 0.2) is 0 Å². The zero-order valence-corrected chi connectivity index (χ0v) is 37.9. The SMILES string of the molecule is C=CCOC12Oc3ccc(OCCN4CC4)cc3C3C(CCCCO)C(CCCCO)C=C(C(=NOCc4ccc([N+](=O)[O-])cc4)CC1N(CCOCCO)C(=O)CCC1CCCC1)C32. The second-order valence-electron chi connectivity index (χ2n) is 18.3. The lowest BCUT2D eigenvalue weighted by Crippen LogP contribution is -2.70. The average Bonchev–Trinajstić information content (AvgIpc) is 3.99. The summed E-state index contributed by atoms with van der Waals surface area (Å²) in [5, 5.41) is 45.9. The quantitative estimate of drug-likeness (QED) is 0.0263. The minimum absolute atomic E-state index is 0.0160. The Morgan fingerprint density at radius 1 is 0.985 bits per heavy atom. The number of hydrogen-bond donors (Lipinski definition) is 3. The summed E-state index contributed by atoms with van der Waals surface area (Å²) in [6.07, 6.45) is 14.5. The van der Waals surface area contributed by atoms with Crippen molar-refractivity contribution in [2.45, 2.75) is 108 Å². The van der Waals surface area contributed by atoms with Crippen LogP contribution in [0.4, 0.5) is 5.69 Å². The van der Waals surface area contributed by atoms with E-state index in [4.69, 9.17) is 28.9 Å². The van der Waals surface area contributed by atoms with Crippen molar-refractivity contribution in [3.05, 3.63) is 88.0 Å². The molecule has 15 nitrogen and oxygen atoms in total. The molecule has 1 saturated heterocycles. The minimum Gasteiger partial charge on any atom is -0.492 e. The second-order valence-corrected chi connectivity index (χ2v) is 18.3. The first kappa shape index (κ1) is 48.6. The lowest BCUT2D eigenvalue weighted by molar-refractivity contribution is -0.384. The number of ether oxygens (including phenoxy) is 4. The van der Waals surface area contributed by atoms with Gasteiger partial charge in [0.1, 0.15) is 30.8 Å². The van der Waals surface area contributed by atoms with E-state index in [0.717, 1.165) is 81.5 Å². The van der Waals surface area contributed by atoms with Gasteiger partial charge >= 0.3 is 0 Å². The number of non-ortho nitro benzene ring substituents is 1. The Morgan fingerprint density at radius 3 is 2.46 bits per heavy atom. The smallest absolute Gasteiger partial charge is 0.269 e. The number of hydrogen-bond acceptors (Lipinski definition) is 13. The number of rotatable bonds is 28. The van der Waals surface area contributed by atoms with E-state index in [-0.39, 0.29) is 88.6 Å². The highest BCUT2D eigenvalue weighted by Gasteiger charge is 2.65. The highest BCUT2D eigenvalue weighted by atomic mass is 16.7. The first-order valence-electron chi connectivity index (χ1n) is 24.1. The normalized spacial score (nSPS) is 25.3. The number of nitro benzene ring substituents is 1. The fourth-order valence-electron chi connectivity index (χ4n) is 10.8. The number of allylic oxidation sites excluding steroid dienone is 1. The average molecular weight is 903 g/mol. The van der Waals surface area contributed by atoms with Gasteiger partial charge in [-0.2, -0.15) is 0 Å². The van der Waals surface area contributed by atoms with E-state index in [9.17, 15) is 30.2 Å². The number of unbranched alkanes of at least 4 members (excludes halogenated alkanes) is 2. The molecule has 2 saturated carbocycles. The predicted molar refractivity (Wildman–Crippen MR) is 246 cm³/mol. The Bertz CT molecular complexity index is 1930. The van der Waals surface area contributed by atoms with E-state index >= 15 is 0 Å². The fraction of sp³-hybridized carbons (Fsp3) is 0.640. The van der Waals surface area contributed by atoms with E-state index in [1.807, 2.05) is 17.0 Å². The van der Waals surface area contributed by atoms with E-state index in [1.165, 1.54) is 25.0 Å². The van der Waals surface area contributed by atoms with Crippen LogP contribution in [0, 0.1) is 33.8 Å². The number of carbonyl (C=O) groups is 1. The molecule has 2 heterocycles. The molecule has 65 heavy (non-hydrogen) atoms. The van der Waals surface area contributed by atoms with E-state index < -0.39 is 22.7 Å². The molecule has 3 fully saturated rings. The molecule has 0 spiro atoms. The summed E-state index contributed by atoms with van der Waals surface area (Å²) >= 11 is 0. The maximum absolute atomic E-state index is 15.0. The van der Waals surface area contributed by atoms with Crippen molar-refractivity contribution >= 4 is 17.3 Å². The summed E-state index contributed by atoms with van der Waals surface area (Å²) in [5.74, 6) is -0.144. The largest absolute Gasteiger partial charge is 0.492 e. The molecule has 0 bridgehead atoms. The minimum atomic E-state index is -1.41. The van der Waals surface area contributed by atoms with Gasteiger partial charge in [-0.05, 0) is 91.3 Å². The van der Waals surface area contributed by atoms with Gasteiger partial charge in [0.05, 0.1) is 43.0 Å². The molecule has 0 aromatic heterocycles. The summed E-state index contributed by atoms with van der Waals surface area (Å²) in [6, 6.07) is 11.5. The van der Waals surface area contributed by atoms with Crippen molar-refractivity contribution in [3.8, 4) is 11.5 Å². The maximum atomic E-state index is 15.0. The van der Waals surface area contributed by atoms with Gasteiger partial charge in [0.25, 0.3) is 5.69 Å². The van der Waals surface area contributed by atoms with Gasteiger partial charge in [0.2, 0.25) is 11.7 Å². The Labute approximate surface area is 383 Å². The molecule has 356 valence electrons. The molecule has 7 rings (SSSR count). The molecular formula is C50H70N4O11. The van der Waals surface area contributed by atoms with Crippen molar-refractivity contribution in [1.29, 1.82) is 0 Å². The first-order chi connectivity index (χ1) is 31.8. The predicted octanol–water partition coefficient (Wildman–Crippen LogP) is 6.93. The van der Waals surface area contributed by atoms with Gasteiger partial charge in [-0.25, -0.2) is 0 Å². The topological polar surface area (TPSA) is 186 Å². The van der Waals surface area contributed by atoms with Crippen LogP contribution in [-0.2, 0) is 25.7 Å². The van der Waals surface area contributed by atoms with Gasteiger partial charge in [-0.3, -0.25) is 19.8 Å². The first-order valence-corrected chi connectivity index (χ1v) is 24.1. The number of oxime groups is 1. The number of amides is 1. The lowest BCUT2D eigenvalue weighted by atomic mass is 9.55. The maximum Gasteiger partial charge on any atom is 0.269 e. The van der Waals surface area contributed by atoms with Crippen molar-refractivity contribution in [3.63, 3.8) is 0 Å². The van der Waals surface area contributed by atoms with Crippen molar-refractivity contribution in [2.75, 3.05) is 72.4 Å². The third kappa shape index (κ3) is 12.2. The van der Waals surface area contributed by atoms with Crippen LogP contribution in [0.3, 0.4) is 0 Å². The third-order valence-electron chi connectivity index (χ3n) is 14.1. The fourth-order valence-corrected chi connectivity index (χ4v) is 10.8. The van der Waals surface area contributed by atoms with Crippen molar-refractivity contribution in [2.24, 2.45) is 28.8 Å². The van der Waals surface area contributed by atoms with Gasteiger partial charge < -0.3 is 44.0 Å². The molecule has 0 radical (unpaired) electrons. The van der Waals surface area contributed by atoms with Crippen LogP contribution in [0.15, 0.2) is 71.9 Å². The second kappa shape index (κ2) is 23.9. The molecule has 6 unspecified atom stereocenters. The van der Waals surface area contributed by atoms with Crippen molar-refractivity contribution in [1.82, 2.24) is 9.80 Å². The Kier molecular flexibility index (Phi) is 17.8. The van der Waals surface area contributed by atoms with Crippen LogP contribution in [0.25, 0.3) is 0 Å². The monoisotopic (exact) mass is 903 g/mol. The number of benzene rings is 2. The van der Waals surface area contributed by atoms with Crippen LogP contribution in [0.2, 0.25) is 0 Å². The Balaban J connectivity index is 1.37. The summed E-state index contributed by atoms with van der Waals surface area (Å²) in [7, 11) is 0. The van der Waals surface area contributed by atoms with E-state index in [1.54, 1.807) is 18.2 Å². The highest BCUT2D eigenvalue weighted by Crippen LogP contribution is 2.62. The molecule has 2 aromatic carbocycles. The molecule has 2 aliphatic heterocycles. The van der Waals surface area contributed by atoms with Crippen LogP contribution in [-0.4, -0.2) is 126 Å². The van der Waals surface area contributed by atoms with Crippen LogP contribution in [0.5, 0.6) is 11.5 Å². The van der Waals surface area contributed by atoms with Crippen molar-refractivity contribution < 1.29 is 48.8 Å². The number of aliphatic hydroxyl groups excluding tert-OH is 3. The molecule has 2 aromatic rings. The summed E-state index contributed by atoms with van der Waals surface area (Å²) in [4.78, 5) is 36.3. The number of carbonyl (C=O) groups excluding carboxylic acids is 1. The van der Waals surface area contributed by atoms with E-state index in [0.29, 0.717) is 48.8 Å². The van der Waals surface area contributed by atoms with Crippen LogP contribution >= 0.6 is 0 Å². The number of nitrogens with zero attached hydrogens (tertiary/aromatic N) is 4.